The Hall–Kier alpha value is -3.06. The Morgan fingerprint density at radius 2 is 2.11 bits per heavy atom. The Morgan fingerprint density at radius 1 is 1.32 bits per heavy atom. The summed E-state index contributed by atoms with van der Waals surface area (Å²) in [5, 5.41) is 9.53. The fourth-order valence-electron chi connectivity index (χ4n) is 3.84. The largest absolute Gasteiger partial charge is 0.497 e. The number of aromatic amines is 1. The van der Waals surface area contributed by atoms with Gasteiger partial charge in [-0.3, -0.25) is 0 Å². The summed E-state index contributed by atoms with van der Waals surface area (Å²) < 4.78 is 10.3. The highest BCUT2D eigenvalue weighted by Gasteiger charge is 2.29. The van der Waals surface area contributed by atoms with Crippen molar-refractivity contribution in [3.05, 3.63) is 42.2 Å². The molecule has 0 spiro atoms. The van der Waals surface area contributed by atoms with Crippen LogP contribution in [0.1, 0.15) is 16.8 Å². The number of benzene rings is 2. The van der Waals surface area contributed by atoms with E-state index in [-0.39, 0.29) is 12.5 Å². The second kappa shape index (κ2) is 7.52. The number of rotatable bonds is 5. The molecule has 146 valence electrons. The Balaban J connectivity index is 1.91. The predicted molar refractivity (Wildman–Crippen MR) is 107 cm³/mol. The summed E-state index contributed by atoms with van der Waals surface area (Å²) in [5.74, 6) is 0.573. The summed E-state index contributed by atoms with van der Waals surface area (Å²) in [7, 11) is 3.02. The van der Waals surface area contributed by atoms with E-state index in [9.17, 15) is 9.90 Å². The van der Waals surface area contributed by atoms with Gasteiger partial charge in [-0.25, -0.2) is 9.78 Å². The lowest BCUT2D eigenvalue weighted by molar-refractivity contribution is 0.0603. The van der Waals surface area contributed by atoms with Gasteiger partial charge in [0.1, 0.15) is 11.3 Å². The van der Waals surface area contributed by atoms with E-state index < -0.39 is 5.97 Å². The van der Waals surface area contributed by atoms with E-state index >= 15 is 0 Å². The third-order valence-electron chi connectivity index (χ3n) is 5.36. The Morgan fingerprint density at radius 3 is 2.75 bits per heavy atom. The zero-order chi connectivity index (χ0) is 19.7. The Kier molecular flexibility index (Phi) is 4.92. The second-order valence-corrected chi connectivity index (χ2v) is 6.95. The Labute approximate surface area is 162 Å². The number of nitrogens with zero attached hydrogens (tertiary/aromatic N) is 2. The van der Waals surface area contributed by atoms with E-state index in [1.165, 1.54) is 7.11 Å². The summed E-state index contributed by atoms with van der Waals surface area (Å²) in [6.45, 7) is 1.61. The monoisotopic (exact) mass is 381 g/mol. The number of H-pyrrole nitrogens is 1. The molecule has 1 aliphatic rings. The molecular formula is C21H23N3O4. The van der Waals surface area contributed by atoms with Crippen molar-refractivity contribution in [1.29, 1.82) is 0 Å². The Bertz CT molecular complexity index is 997. The maximum Gasteiger partial charge on any atom is 0.342 e. The van der Waals surface area contributed by atoms with Crippen LogP contribution in [-0.4, -0.2) is 55.0 Å². The molecule has 1 aliphatic heterocycles. The van der Waals surface area contributed by atoms with Gasteiger partial charge >= 0.3 is 5.97 Å². The van der Waals surface area contributed by atoms with Gasteiger partial charge in [-0.05, 0) is 30.2 Å². The minimum absolute atomic E-state index is 0.141. The number of nitrogens with one attached hydrogen (secondary N) is 1. The average molecular weight is 381 g/mol. The average Bonchev–Trinajstić information content (AvgIpc) is 3.41. The number of esters is 1. The smallest absolute Gasteiger partial charge is 0.342 e. The minimum Gasteiger partial charge on any atom is -0.497 e. The molecule has 0 saturated carbocycles. The summed E-state index contributed by atoms with van der Waals surface area (Å²) in [4.78, 5) is 22.3. The van der Waals surface area contributed by atoms with E-state index in [0.29, 0.717) is 23.1 Å². The van der Waals surface area contributed by atoms with Crippen molar-refractivity contribution in [3.8, 4) is 16.9 Å². The SMILES string of the molecule is COC(=O)c1c(N2CCC(CO)C2)cc(-c2ccc(OC)cc2)c2nc[nH]c12. The molecule has 0 aliphatic carbocycles. The fraction of sp³-hybridized carbons (Fsp3) is 0.333. The van der Waals surface area contributed by atoms with Crippen molar-refractivity contribution in [2.75, 3.05) is 38.8 Å². The summed E-state index contributed by atoms with van der Waals surface area (Å²) in [6, 6.07) is 9.75. The number of carbonyl (C=O) groups is 1. The molecule has 2 N–H and O–H groups in total. The number of aliphatic hydroxyl groups is 1. The van der Waals surface area contributed by atoms with E-state index in [4.69, 9.17) is 9.47 Å². The molecule has 2 heterocycles. The van der Waals surface area contributed by atoms with Crippen molar-refractivity contribution in [1.82, 2.24) is 9.97 Å². The van der Waals surface area contributed by atoms with Crippen LogP contribution in [0.2, 0.25) is 0 Å². The molecule has 1 atom stereocenters. The summed E-state index contributed by atoms with van der Waals surface area (Å²) in [5.41, 5.74) is 4.55. The molecule has 1 unspecified atom stereocenters. The molecule has 0 bridgehead atoms. The molecule has 1 aromatic heterocycles. The van der Waals surface area contributed by atoms with E-state index in [1.807, 2.05) is 30.3 Å². The van der Waals surface area contributed by atoms with Gasteiger partial charge in [0.15, 0.2) is 0 Å². The van der Waals surface area contributed by atoms with Crippen molar-refractivity contribution in [2.24, 2.45) is 5.92 Å². The minimum atomic E-state index is -0.405. The van der Waals surface area contributed by atoms with Crippen molar-refractivity contribution < 1.29 is 19.4 Å². The fourth-order valence-corrected chi connectivity index (χ4v) is 3.84. The molecule has 0 amide bonds. The molecule has 1 saturated heterocycles. The van der Waals surface area contributed by atoms with Crippen LogP contribution in [-0.2, 0) is 4.74 Å². The van der Waals surface area contributed by atoms with Crippen molar-refractivity contribution in [3.63, 3.8) is 0 Å². The lowest BCUT2D eigenvalue weighted by atomic mass is 9.99. The number of anilines is 1. The van der Waals surface area contributed by atoms with Gasteiger partial charge in [0, 0.05) is 31.2 Å². The third-order valence-corrected chi connectivity index (χ3v) is 5.36. The first-order valence-electron chi connectivity index (χ1n) is 9.25. The normalized spacial score (nSPS) is 16.5. The number of aromatic nitrogens is 2. The zero-order valence-electron chi connectivity index (χ0n) is 15.9. The molecule has 3 aromatic rings. The van der Waals surface area contributed by atoms with E-state index in [1.54, 1.807) is 13.4 Å². The topological polar surface area (TPSA) is 87.7 Å². The first-order chi connectivity index (χ1) is 13.7. The van der Waals surface area contributed by atoms with Crippen LogP contribution in [0, 0.1) is 5.92 Å². The molecule has 0 radical (unpaired) electrons. The molecule has 28 heavy (non-hydrogen) atoms. The number of ether oxygens (including phenoxy) is 2. The number of hydrogen-bond acceptors (Lipinski definition) is 6. The van der Waals surface area contributed by atoms with Gasteiger partial charge in [0.05, 0.1) is 37.3 Å². The highest BCUT2D eigenvalue weighted by molar-refractivity contribution is 6.11. The number of fused-ring (bicyclic) bond motifs is 1. The number of imidazole rings is 1. The number of aliphatic hydroxyl groups excluding tert-OH is 1. The summed E-state index contributed by atoms with van der Waals surface area (Å²) >= 11 is 0. The third kappa shape index (κ3) is 3.07. The standard InChI is InChI=1S/C21H23N3O4/c1-27-15-5-3-14(4-6-15)16-9-17(24-8-7-13(10-24)11-25)18(21(26)28-2)20-19(16)22-12-23-20/h3-6,9,12-13,25H,7-8,10-11H2,1-2H3,(H,22,23). The van der Waals surface area contributed by atoms with Crippen molar-refractivity contribution >= 4 is 22.7 Å². The predicted octanol–water partition coefficient (Wildman–Crippen LogP) is 2.84. The van der Waals surface area contributed by atoms with Gasteiger partial charge in [-0.2, -0.15) is 0 Å². The first kappa shape index (κ1) is 18.3. The van der Waals surface area contributed by atoms with Crippen molar-refractivity contribution in [2.45, 2.75) is 6.42 Å². The first-order valence-corrected chi connectivity index (χ1v) is 9.25. The van der Waals surface area contributed by atoms with Gasteiger partial charge < -0.3 is 24.5 Å². The molecular weight excluding hydrogens is 358 g/mol. The number of methoxy groups -OCH3 is 2. The van der Waals surface area contributed by atoms with Crippen LogP contribution in [0.5, 0.6) is 5.75 Å². The number of hydrogen-bond donors (Lipinski definition) is 2. The maximum absolute atomic E-state index is 12.6. The lowest BCUT2D eigenvalue weighted by Crippen LogP contribution is -2.23. The van der Waals surface area contributed by atoms with Crippen LogP contribution in [0.4, 0.5) is 5.69 Å². The van der Waals surface area contributed by atoms with E-state index in [0.717, 1.165) is 35.5 Å². The van der Waals surface area contributed by atoms with Crippen LogP contribution >= 0.6 is 0 Å². The van der Waals surface area contributed by atoms with Gasteiger partial charge in [0.2, 0.25) is 0 Å². The van der Waals surface area contributed by atoms with Crippen LogP contribution in [0.25, 0.3) is 22.2 Å². The molecule has 7 heteroatoms. The second-order valence-electron chi connectivity index (χ2n) is 6.95. The zero-order valence-corrected chi connectivity index (χ0v) is 15.9. The molecule has 4 rings (SSSR count). The van der Waals surface area contributed by atoms with Crippen LogP contribution < -0.4 is 9.64 Å². The van der Waals surface area contributed by atoms with Crippen LogP contribution in [0.15, 0.2) is 36.7 Å². The molecule has 1 fully saturated rings. The van der Waals surface area contributed by atoms with E-state index in [2.05, 4.69) is 14.9 Å². The maximum atomic E-state index is 12.6. The van der Waals surface area contributed by atoms with Gasteiger partial charge in [-0.15, -0.1) is 0 Å². The van der Waals surface area contributed by atoms with Gasteiger partial charge in [0.25, 0.3) is 0 Å². The number of carbonyl (C=O) groups excluding carboxylic acids is 1. The molecule has 7 nitrogen and oxygen atoms in total. The van der Waals surface area contributed by atoms with Crippen LogP contribution in [0.3, 0.4) is 0 Å². The lowest BCUT2D eigenvalue weighted by Gasteiger charge is -2.23. The summed E-state index contributed by atoms with van der Waals surface area (Å²) in [6.07, 6.45) is 2.48. The highest BCUT2D eigenvalue weighted by Crippen LogP contribution is 2.38. The van der Waals surface area contributed by atoms with Gasteiger partial charge in [-0.1, -0.05) is 12.1 Å². The highest BCUT2D eigenvalue weighted by atomic mass is 16.5. The molecule has 2 aromatic carbocycles. The quantitative estimate of drug-likeness (QED) is 0.661.